The molecule has 18 heavy (non-hydrogen) atoms. The van der Waals surface area contributed by atoms with E-state index in [0.717, 1.165) is 18.7 Å². The number of carbonyl (C=O) groups excluding carboxylic acids is 1. The third-order valence-corrected chi connectivity index (χ3v) is 3.12. The summed E-state index contributed by atoms with van der Waals surface area (Å²) in [6, 6.07) is 7.70. The fourth-order valence-electron chi connectivity index (χ4n) is 2.05. The molecule has 0 bridgehead atoms. The van der Waals surface area contributed by atoms with Gasteiger partial charge < -0.3 is 14.8 Å². The molecule has 1 heterocycles. The fraction of sp³-hybridized carbons (Fsp3) is 0.500. The van der Waals surface area contributed by atoms with Gasteiger partial charge in [0.2, 0.25) is 0 Å². The van der Waals surface area contributed by atoms with Crippen molar-refractivity contribution in [2.45, 2.75) is 32.4 Å². The number of nitrogens with one attached hydrogen (secondary N) is 1. The molecule has 1 saturated heterocycles. The molecule has 4 heteroatoms. The lowest BCUT2D eigenvalue weighted by atomic mass is 10.1. The van der Waals surface area contributed by atoms with E-state index in [1.54, 1.807) is 19.1 Å². The minimum atomic E-state index is -0.276. The maximum Gasteiger partial charge on any atom is 0.338 e. The molecule has 0 saturated carbocycles. The maximum absolute atomic E-state index is 11.5. The lowest BCUT2D eigenvalue weighted by Gasteiger charge is -2.17. The van der Waals surface area contributed by atoms with Crippen LogP contribution in [0.5, 0.6) is 0 Å². The Labute approximate surface area is 107 Å². The van der Waals surface area contributed by atoms with Crippen LogP contribution in [0.2, 0.25) is 0 Å². The van der Waals surface area contributed by atoms with Gasteiger partial charge >= 0.3 is 5.97 Å². The van der Waals surface area contributed by atoms with E-state index < -0.39 is 0 Å². The molecule has 1 aromatic carbocycles. The molecule has 1 fully saturated rings. The van der Waals surface area contributed by atoms with Crippen molar-refractivity contribution < 1.29 is 14.3 Å². The van der Waals surface area contributed by atoms with E-state index in [2.05, 4.69) is 12.2 Å². The van der Waals surface area contributed by atoms with Gasteiger partial charge in [-0.3, -0.25) is 0 Å². The van der Waals surface area contributed by atoms with Crippen LogP contribution in [0.3, 0.4) is 0 Å². The van der Waals surface area contributed by atoms with Crippen molar-refractivity contribution in [1.82, 2.24) is 0 Å². The van der Waals surface area contributed by atoms with E-state index in [1.165, 1.54) is 0 Å². The Morgan fingerprint density at radius 1 is 1.44 bits per heavy atom. The highest BCUT2D eigenvalue weighted by atomic mass is 16.5. The molecule has 1 aliphatic rings. The Bertz CT molecular complexity index is 402. The van der Waals surface area contributed by atoms with Crippen molar-refractivity contribution >= 4 is 11.7 Å². The number of hydrogen-bond acceptors (Lipinski definition) is 4. The minimum Gasteiger partial charge on any atom is -0.462 e. The standard InChI is InChI=1S/C14H19NO3/c1-3-17-14(16)11-4-6-12(7-5-11)15-13-8-9-18-10(13)2/h4-7,10,13,15H,3,8-9H2,1-2H3. The molecular formula is C14H19NO3. The summed E-state index contributed by atoms with van der Waals surface area (Å²) >= 11 is 0. The molecule has 0 spiro atoms. The molecule has 2 unspecified atom stereocenters. The first-order chi connectivity index (χ1) is 8.70. The number of hydrogen-bond donors (Lipinski definition) is 1. The Hall–Kier alpha value is -1.55. The third kappa shape index (κ3) is 3.01. The summed E-state index contributed by atoms with van der Waals surface area (Å²) in [6.07, 6.45) is 1.25. The van der Waals surface area contributed by atoms with Crippen LogP contribution < -0.4 is 5.32 Å². The predicted molar refractivity (Wildman–Crippen MR) is 69.8 cm³/mol. The fourth-order valence-corrected chi connectivity index (χ4v) is 2.05. The van der Waals surface area contributed by atoms with E-state index in [0.29, 0.717) is 18.2 Å². The Kier molecular flexibility index (Phi) is 4.20. The Balaban J connectivity index is 1.97. The number of rotatable bonds is 4. The average molecular weight is 249 g/mol. The van der Waals surface area contributed by atoms with Crippen molar-refractivity contribution in [3.05, 3.63) is 29.8 Å². The van der Waals surface area contributed by atoms with E-state index in [1.807, 2.05) is 12.1 Å². The summed E-state index contributed by atoms with van der Waals surface area (Å²) in [6.45, 7) is 5.07. The van der Waals surface area contributed by atoms with Gasteiger partial charge in [0.05, 0.1) is 24.3 Å². The quantitative estimate of drug-likeness (QED) is 0.833. The SMILES string of the molecule is CCOC(=O)c1ccc(NC2CCOC2C)cc1. The van der Waals surface area contributed by atoms with E-state index >= 15 is 0 Å². The van der Waals surface area contributed by atoms with Gasteiger partial charge in [0.15, 0.2) is 0 Å². The van der Waals surface area contributed by atoms with E-state index in [-0.39, 0.29) is 12.1 Å². The highest BCUT2D eigenvalue weighted by Crippen LogP contribution is 2.19. The van der Waals surface area contributed by atoms with Crippen LogP contribution in [0.4, 0.5) is 5.69 Å². The number of ether oxygens (including phenoxy) is 2. The number of benzene rings is 1. The van der Waals surface area contributed by atoms with Gasteiger partial charge in [-0.05, 0) is 44.5 Å². The van der Waals surface area contributed by atoms with Crippen LogP contribution >= 0.6 is 0 Å². The molecular weight excluding hydrogens is 230 g/mol. The molecule has 1 N–H and O–H groups in total. The molecule has 0 amide bonds. The van der Waals surface area contributed by atoms with Gasteiger partial charge in [0.1, 0.15) is 0 Å². The average Bonchev–Trinajstić information content (AvgIpc) is 2.76. The summed E-state index contributed by atoms with van der Waals surface area (Å²) < 4.78 is 10.4. The summed E-state index contributed by atoms with van der Waals surface area (Å²) in [5.74, 6) is -0.276. The second kappa shape index (κ2) is 5.87. The van der Waals surface area contributed by atoms with Crippen molar-refractivity contribution in [3.8, 4) is 0 Å². The molecule has 0 aromatic heterocycles. The normalized spacial score (nSPS) is 22.8. The van der Waals surface area contributed by atoms with Crippen LogP contribution in [0.15, 0.2) is 24.3 Å². The topological polar surface area (TPSA) is 47.6 Å². The smallest absolute Gasteiger partial charge is 0.338 e. The van der Waals surface area contributed by atoms with Crippen LogP contribution in [0, 0.1) is 0 Å². The largest absolute Gasteiger partial charge is 0.462 e. The summed E-state index contributed by atoms with van der Waals surface area (Å²) in [5, 5.41) is 3.41. The van der Waals surface area contributed by atoms with Crippen molar-refractivity contribution in [2.24, 2.45) is 0 Å². The number of anilines is 1. The van der Waals surface area contributed by atoms with E-state index in [4.69, 9.17) is 9.47 Å². The second-order valence-electron chi connectivity index (χ2n) is 4.41. The molecule has 98 valence electrons. The van der Waals surface area contributed by atoms with Crippen molar-refractivity contribution in [3.63, 3.8) is 0 Å². The van der Waals surface area contributed by atoms with Gasteiger partial charge in [-0.2, -0.15) is 0 Å². The molecule has 1 aromatic rings. The zero-order chi connectivity index (χ0) is 13.0. The molecule has 0 aliphatic carbocycles. The minimum absolute atomic E-state index is 0.231. The molecule has 2 atom stereocenters. The zero-order valence-corrected chi connectivity index (χ0v) is 10.8. The third-order valence-electron chi connectivity index (χ3n) is 3.12. The monoisotopic (exact) mass is 249 g/mol. The first-order valence-corrected chi connectivity index (χ1v) is 6.36. The van der Waals surface area contributed by atoms with Crippen LogP contribution in [0.25, 0.3) is 0 Å². The highest BCUT2D eigenvalue weighted by molar-refractivity contribution is 5.89. The summed E-state index contributed by atoms with van der Waals surface area (Å²) in [5.41, 5.74) is 1.59. The Morgan fingerprint density at radius 3 is 2.72 bits per heavy atom. The first kappa shape index (κ1) is 12.9. The van der Waals surface area contributed by atoms with Crippen molar-refractivity contribution in [1.29, 1.82) is 0 Å². The second-order valence-corrected chi connectivity index (χ2v) is 4.41. The number of esters is 1. The number of carbonyl (C=O) groups is 1. The highest BCUT2D eigenvalue weighted by Gasteiger charge is 2.23. The predicted octanol–water partition coefficient (Wildman–Crippen LogP) is 2.45. The first-order valence-electron chi connectivity index (χ1n) is 6.36. The van der Waals surface area contributed by atoms with Gasteiger partial charge in [-0.15, -0.1) is 0 Å². The lowest BCUT2D eigenvalue weighted by molar-refractivity contribution is 0.0526. The van der Waals surface area contributed by atoms with E-state index in [9.17, 15) is 4.79 Å². The van der Waals surface area contributed by atoms with Crippen LogP contribution in [0.1, 0.15) is 30.6 Å². The zero-order valence-electron chi connectivity index (χ0n) is 10.8. The molecule has 0 radical (unpaired) electrons. The molecule has 4 nitrogen and oxygen atoms in total. The maximum atomic E-state index is 11.5. The van der Waals surface area contributed by atoms with Gasteiger partial charge in [0, 0.05) is 12.3 Å². The van der Waals surface area contributed by atoms with Gasteiger partial charge in [-0.1, -0.05) is 0 Å². The van der Waals surface area contributed by atoms with Gasteiger partial charge in [-0.25, -0.2) is 4.79 Å². The molecule has 1 aliphatic heterocycles. The summed E-state index contributed by atoms with van der Waals surface area (Å²) in [4.78, 5) is 11.5. The van der Waals surface area contributed by atoms with Crippen LogP contribution in [-0.4, -0.2) is 31.3 Å². The molecule has 2 rings (SSSR count). The van der Waals surface area contributed by atoms with Gasteiger partial charge in [0.25, 0.3) is 0 Å². The Morgan fingerprint density at radius 2 is 2.17 bits per heavy atom. The van der Waals surface area contributed by atoms with Crippen molar-refractivity contribution in [2.75, 3.05) is 18.5 Å². The van der Waals surface area contributed by atoms with Crippen LogP contribution in [-0.2, 0) is 9.47 Å². The summed E-state index contributed by atoms with van der Waals surface area (Å²) in [7, 11) is 0. The lowest BCUT2D eigenvalue weighted by Crippen LogP contribution is -2.26.